The molecule has 0 bridgehead atoms. The van der Waals surface area contributed by atoms with Crippen LogP contribution in [0.2, 0.25) is 0 Å². The number of ether oxygens (including phenoxy) is 1. The molecule has 2 rings (SSSR count). The minimum Gasteiger partial charge on any atom is -0.376 e. The molecule has 2 saturated heterocycles. The van der Waals surface area contributed by atoms with E-state index in [0.29, 0.717) is 6.54 Å². The number of nitrogens with one attached hydrogen (secondary N) is 2. The van der Waals surface area contributed by atoms with Gasteiger partial charge in [-0.2, -0.15) is 0 Å². The summed E-state index contributed by atoms with van der Waals surface area (Å²) in [5, 5.41) is 6.01. The minimum absolute atomic E-state index is 0.0543. The zero-order valence-electron chi connectivity index (χ0n) is 8.42. The Labute approximate surface area is 84.4 Å². The predicted octanol–water partition coefficient (Wildman–Crippen LogP) is 0.0336. The highest BCUT2D eigenvalue weighted by Gasteiger charge is 2.25. The Bertz CT molecular complexity index is 198. The third-order valence-corrected chi connectivity index (χ3v) is 2.92. The van der Waals surface area contributed by atoms with Gasteiger partial charge in [-0.15, -0.1) is 0 Å². The molecule has 0 spiro atoms. The first kappa shape index (κ1) is 9.93. The molecule has 0 saturated carbocycles. The summed E-state index contributed by atoms with van der Waals surface area (Å²) in [7, 11) is 0. The first-order valence-electron chi connectivity index (χ1n) is 5.49. The molecule has 2 aliphatic rings. The number of hydrogen-bond acceptors (Lipinski definition) is 3. The molecule has 4 heteroatoms. The van der Waals surface area contributed by atoms with Gasteiger partial charge in [0.25, 0.3) is 0 Å². The van der Waals surface area contributed by atoms with Gasteiger partial charge in [0.1, 0.15) is 0 Å². The molecule has 2 atom stereocenters. The highest BCUT2D eigenvalue weighted by atomic mass is 16.5. The third kappa shape index (κ3) is 2.45. The topological polar surface area (TPSA) is 50.4 Å². The maximum Gasteiger partial charge on any atom is 0.237 e. The van der Waals surface area contributed by atoms with Crippen LogP contribution in [0.4, 0.5) is 0 Å². The maximum absolute atomic E-state index is 11.4. The second-order valence-corrected chi connectivity index (χ2v) is 4.03. The van der Waals surface area contributed by atoms with Gasteiger partial charge in [-0.3, -0.25) is 4.79 Å². The van der Waals surface area contributed by atoms with E-state index in [1.807, 2.05) is 0 Å². The number of amides is 1. The summed E-state index contributed by atoms with van der Waals surface area (Å²) in [6, 6.07) is 0.0543. The van der Waals surface area contributed by atoms with Crippen molar-refractivity contribution in [2.45, 2.75) is 37.8 Å². The largest absolute Gasteiger partial charge is 0.376 e. The van der Waals surface area contributed by atoms with Gasteiger partial charge in [0.2, 0.25) is 5.91 Å². The van der Waals surface area contributed by atoms with Crippen LogP contribution in [0, 0.1) is 0 Å². The Morgan fingerprint density at radius 1 is 1.43 bits per heavy atom. The molecule has 0 radical (unpaired) electrons. The fourth-order valence-electron chi connectivity index (χ4n) is 1.82. The standard InChI is InChI=1S/C10H18N2O2/c13-10(9-4-5-11-9)12-7-8-3-1-2-6-14-8/h8-9,11H,1-7H2,(H,12,13)/t8?,9-/m1/s1. The summed E-state index contributed by atoms with van der Waals surface area (Å²) < 4.78 is 5.52. The fourth-order valence-corrected chi connectivity index (χ4v) is 1.82. The highest BCUT2D eigenvalue weighted by Crippen LogP contribution is 2.11. The average Bonchev–Trinajstić information content (AvgIpc) is 2.14. The molecule has 80 valence electrons. The molecule has 1 unspecified atom stereocenters. The predicted molar refractivity (Wildman–Crippen MR) is 53.0 cm³/mol. The second-order valence-electron chi connectivity index (χ2n) is 4.03. The first-order valence-corrected chi connectivity index (χ1v) is 5.49. The van der Waals surface area contributed by atoms with Gasteiger partial charge in [-0.05, 0) is 32.2 Å². The van der Waals surface area contributed by atoms with Gasteiger partial charge in [0, 0.05) is 13.2 Å². The molecule has 2 aliphatic heterocycles. The second kappa shape index (κ2) is 4.75. The Morgan fingerprint density at radius 3 is 2.86 bits per heavy atom. The van der Waals surface area contributed by atoms with Crippen LogP contribution in [0.5, 0.6) is 0 Å². The minimum atomic E-state index is 0.0543. The van der Waals surface area contributed by atoms with E-state index in [-0.39, 0.29) is 18.1 Å². The van der Waals surface area contributed by atoms with E-state index in [1.165, 1.54) is 6.42 Å². The molecule has 1 amide bonds. The Morgan fingerprint density at radius 2 is 2.29 bits per heavy atom. The van der Waals surface area contributed by atoms with Crippen LogP contribution in [0.25, 0.3) is 0 Å². The van der Waals surface area contributed by atoms with Gasteiger partial charge < -0.3 is 15.4 Å². The van der Waals surface area contributed by atoms with Crippen LogP contribution >= 0.6 is 0 Å². The van der Waals surface area contributed by atoms with Crippen molar-refractivity contribution in [2.75, 3.05) is 19.7 Å². The Kier molecular flexibility index (Phi) is 3.37. The molecule has 2 fully saturated rings. The molecule has 2 heterocycles. The van der Waals surface area contributed by atoms with Crippen LogP contribution < -0.4 is 10.6 Å². The Balaban J connectivity index is 1.62. The lowest BCUT2D eigenvalue weighted by atomic mass is 10.1. The quantitative estimate of drug-likeness (QED) is 0.673. The number of rotatable bonds is 3. The molecule has 2 N–H and O–H groups in total. The van der Waals surface area contributed by atoms with E-state index in [9.17, 15) is 4.79 Å². The fraction of sp³-hybridized carbons (Fsp3) is 0.900. The summed E-state index contributed by atoms with van der Waals surface area (Å²) in [6.45, 7) is 2.50. The van der Waals surface area contributed by atoms with Crippen molar-refractivity contribution in [3.8, 4) is 0 Å². The molecule has 0 aromatic heterocycles. The summed E-state index contributed by atoms with van der Waals surface area (Å²) >= 11 is 0. The van der Waals surface area contributed by atoms with Gasteiger partial charge in [0.15, 0.2) is 0 Å². The van der Waals surface area contributed by atoms with Crippen molar-refractivity contribution in [3.05, 3.63) is 0 Å². The summed E-state index contributed by atoms with van der Waals surface area (Å²) in [5.41, 5.74) is 0. The van der Waals surface area contributed by atoms with Crippen LogP contribution in [0.1, 0.15) is 25.7 Å². The van der Waals surface area contributed by atoms with E-state index in [1.54, 1.807) is 0 Å². The Hall–Kier alpha value is -0.610. The monoisotopic (exact) mass is 198 g/mol. The molecule has 0 aliphatic carbocycles. The van der Waals surface area contributed by atoms with Gasteiger partial charge >= 0.3 is 0 Å². The average molecular weight is 198 g/mol. The lowest BCUT2D eigenvalue weighted by molar-refractivity contribution is -0.125. The zero-order chi connectivity index (χ0) is 9.80. The molecular weight excluding hydrogens is 180 g/mol. The van der Waals surface area contributed by atoms with E-state index < -0.39 is 0 Å². The number of carbonyl (C=O) groups excluding carboxylic acids is 1. The lowest BCUT2D eigenvalue weighted by Crippen LogP contribution is -2.54. The van der Waals surface area contributed by atoms with Gasteiger partial charge in [-0.25, -0.2) is 0 Å². The van der Waals surface area contributed by atoms with Crippen molar-refractivity contribution < 1.29 is 9.53 Å². The van der Waals surface area contributed by atoms with E-state index >= 15 is 0 Å². The van der Waals surface area contributed by atoms with Gasteiger partial charge in [-0.1, -0.05) is 0 Å². The van der Waals surface area contributed by atoms with Crippen molar-refractivity contribution in [2.24, 2.45) is 0 Å². The number of hydrogen-bond donors (Lipinski definition) is 2. The third-order valence-electron chi connectivity index (χ3n) is 2.92. The zero-order valence-corrected chi connectivity index (χ0v) is 8.42. The molecular formula is C10H18N2O2. The summed E-state index contributed by atoms with van der Waals surface area (Å²) in [6.07, 6.45) is 4.68. The van der Waals surface area contributed by atoms with E-state index in [0.717, 1.165) is 32.4 Å². The molecule has 0 aromatic rings. The van der Waals surface area contributed by atoms with Gasteiger partial charge in [0.05, 0.1) is 12.1 Å². The van der Waals surface area contributed by atoms with Crippen LogP contribution in [-0.4, -0.2) is 37.7 Å². The van der Waals surface area contributed by atoms with Crippen molar-refractivity contribution in [1.82, 2.24) is 10.6 Å². The van der Waals surface area contributed by atoms with Crippen molar-refractivity contribution >= 4 is 5.91 Å². The van der Waals surface area contributed by atoms with Crippen molar-refractivity contribution in [3.63, 3.8) is 0 Å². The normalized spacial score (nSPS) is 32.0. The molecule has 4 nitrogen and oxygen atoms in total. The van der Waals surface area contributed by atoms with E-state index in [4.69, 9.17) is 4.74 Å². The van der Waals surface area contributed by atoms with Crippen LogP contribution in [-0.2, 0) is 9.53 Å². The van der Waals surface area contributed by atoms with Crippen LogP contribution in [0.15, 0.2) is 0 Å². The summed E-state index contributed by atoms with van der Waals surface area (Å²) in [4.78, 5) is 11.4. The smallest absolute Gasteiger partial charge is 0.237 e. The SMILES string of the molecule is O=C(NCC1CCCCO1)[C@H]1CCN1. The lowest BCUT2D eigenvalue weighted by Gasteiger charge is -2.28. The molecule has 14 heavy (non-hydrogen) atoms. The van der Waals surface area contributed by atoms with Crippen LogP contribution in [0.3, 0.4) is 0 Å². The maximum atomic E-state index is 11.4. The van der Waals surface area contributed by atoms with E-state index in [2.05, 4.69) is 10.6 Å². The number of carbonyl (C=O) groups is 1. The first-order chi connectivity index (χ1) is 6.86. The van der Waals surface area contributed by atoms with Crippen molar-refractivity contribution in [1.29, 1.82) is 0 Å². The summed E-state index contributed by atoms with van der Waals surface area (Å²) in [5.74, 6) is 0.130. The highest BCUT2D eigenvalue weighted by molar-refractivity contribution is 5.82. The molecule has 0 aromatic carbocycles.